The number of benzene rings is 2. The lowest BCUT2D eigenvalue weighted by Gasteiger charge is -2.27. The summed E-state index contributed by atoms with van der Waals surface area (Å²) in [5.41, 5.74) is 1.79. The van der Waals surface area contributed by atoms with Crippen LogP contribution in [-0.4, -0.2) is 27.6 Å². The number of carboxylic acids is 1. The summed E-state index contributed by atoms with van der Waals surface area (Å²) in [5.74, 6) is -0.0120. The second-order valence-electron chi connectivity index (χ2n) is 6.24. The Morgan fingerprint density at radius 3 is 2.78 bits per heavy atom. The van der Waals surface area contributed by atoms with E-state index in [1.54, 1.807) is 12.1 Å². The van der Waals surface area contributed by atoms with Gasteiger partial charge in [-0.2, -0.15) is 0 Å². The number of carboxylic acid groups (broad SMARTS) is 1. The van der Waals surface area contributed by atoms with Crippen LogP contribution in [0.4, 0.5) is 11.4 Å². The second-order valence-corrected chi connectivity index (χ2v) is 8.11. The van der Waals surface area contributed by atoms with E-state index in [1.165, 1.54) is 0 Å². The predicted molar refractivity (Wildman–Crippen MR) is 107 cm³/mol. The molecule has 0 radical (unpaired) electrons. The third kappa shape index (κ3) is 4.51. The lowest BCUT2D eigenvalue weighted by Crippen LogP contribution is -2.25. The summed E-state index contributed by atoms with van der Waals surface area (Å²) in [6.07, 6.45) is 2.85. The van der Waals surface area contributed by atoms with Crippen molar-refractivity contribution in [3.8, 4) is 5.75 Å². The zero-order valence-corrected chi connectivity index (χ0v) is 16.4. The van der Waals surface area contributed by atoms with Crippen molar-refractivity contribution in [1.82, 2.24) is 0 Å². The maximum atomic E-state index is 13.0. The number of hydrogen-bond acceptors (Lipinski definition) is 4. The number of aliphatic carboxylic acids is 1. The van der Waals surface area contributed by atoms with Crippen LogP contribution in [0.5, 0.6) is 5.75 Å². The van der Waals surface area contributed by atoms with E-state index in [-0.39, 0.29) is 11.7 Å². The maximum absolute atomic E-state index is 13.0. The van der Waals surface area contributed by atoms with Crippen molar-refractivity contribution in [3.63, 3.8) is 0 Å². The standard InChI is InChI=1S/C20H20ClNO4S/c1-2-14-12-22(15-6-4-3-5-7-15)17-10-16(21)18(26-9-8-20(23)24)11-19(17)27(25)13-14/h3-11,14H,2,12-13H2,1H3,(H,23,24)/b9-8+. The molecule has 0 amide bonds. The van der Waals surface area contributed by atoms with Crippen LogP contribution >= 0.6 is 11.6 Å². The molecule has 0 aromatic heterocycles. The van der Waals surface area contributed by atoms with Crippen molar-refractivity contribution >= 4 is 39.7 Å². The summed E-state index contributed by atoms with van der Waals surface area (Å²) in [4.78, 5) is 13.4. The van der Waals surface area contributed by atoms with Gasteiger partial charge in [-0.05, 0) is 24.1 Å². The minimum Gasteiger partial charge on any atom is -0.478 e. The molecule has 0 aliphatic carbocycles. The predicted octanol–water partition coefficient (Wildman–Crippen LogP) is 4.60. The van der Waals surface area contributed by atoms with Gasteiger partial charge in [-0.15, -0.1) is 0 Å². The molecule has 142 valence electrons. The minimum absolute atomic E-state index is 0.272. The maximum Gasteiger partial charge on any atom is 0.331 e. The highest BCUT2D eigenvalue weighted by Crippen LogP contribution is 2.41. The number of ether oxygens (including phenoxy) is 1. The highest BCUT2D eigenvalue weighted by atomic mass is 35.5. The summed E-state index contributed by atoms with van der Waals surface area (Å²) in [7, 11) is -1.21. The Morgan fingerprint density at radius 1 is 1.37 bits per heavy atom. The minimum atomic E-state index is -1.21. The fraction of sp³-hybridized carbons (Fsp3) is 0.250. The van der Waals surface area contributed by atoms with E-state index in [4.69, 9.17) is 21.4 Å². The number of para-hydroxylation sites is 1. The van der Waals surface area contributed by atoms with Gasteiger partial charge in [0.05, 0.1) is 38.7 Å². The number of anilines is 2. The molecular weight excluding hydrogens is 386 g/mol. The molecule has 7 heteroatoms. The van der Waals surface area contributed by atoms with E-state index in [0.717, 1.165) is 36.7 Å². The van der Waals surface area contributed by atoms with Gasteiger partial charge >= 0.3 is 5.97 Å². The zero-order chi connectivity index (χ0) is 19.4. The average Bonchev–Trinajstić information content (AvgIpc) is 2.79. The molecule has 1 aliphatic rings. The molecule has 5 nitrogen and oxygen atoms in total. The SMILES string of the molecule is CCC1CN(c2ccccc2)c2cc(Cl)c(O/C=C/C(=O)O)cc2S(=O)C1. The molecule has 0 saturated carbocycles. The smallest absolute Gasteiger partial charge is 0.331 e. The lowest BCUT2D eigenvalue weighted by molar-refractivity contribution is -0.131. The van der Waals surface area contributed by atoms with E-state index in [9.17, 15) is 9.00 Å². The quantitative estimate of drug-likeness (QED) is 0.581. The first-order valence-electron chi connectivity index (χ1n) is 8.60. The average molecular weight is 406 g/mol. The fourth-order valence-electron chi connectivity index (χ4n) is 2.99. The molecule has 2 unspecified atom stereocenters. The van der Waals surface area contributed by atoms with Crippen LogP contribution in [0.2, 0.25) is 5.02 Å². The van der Waals surface area contributed by atoms with Gasteiger partial charge in [0, 0.05) is 24.1 Å². The molecule has 1 aliphatic heterocycles. The van der Waals surface area contributed by atoms with Crippen molar-refractivity contribution in [1.29, 1.82) is 0 Å². The largest absolute Gasteiger partial charge is 0.478 e. The number of nitrogens with zero attached hydrogens (tertiary/aromatic N) is 1. The molecule has 1 heterocycles. The molecule has 2 aromatic rings. The zero-order valence-electron chi connectivity index (χ0n) is 14.8. The van der Waals surface area contributed by atoms with Gasteiger partial charge in [0.2, 0.25) is 0 Å². The van der Waals surface area contributed by atoms with Gasteiger partial charge in [0.25, 0.3) is 0 Å². The Bertz CT molecular complexity index is 885. The van der Waals surface area contributed by atoms with Gasteiger partial charge in [0.15, 0.2) is 0 Å². The molecule has 0 bridgehead atoms. The van der Waals surface area contributed by atoms with Gasteiger partial charge in [-0.1, -0.05) is 43.1 Å². The Kier molecular flexibility index (Phi) is 6.19. The highest BCUT2D eigenvalue weighted by molar-refractivity contribution is 7.85. The van der Waals surface area contributed by atoms with Crippen LogP contribution in [-0.2, 0) is 15.6 Å². The van der Waals surface area contributed by atoms with E-state index in [0.29, 0.717) is 15.7 Å². The van der Waals surface area contributed by atoms with Crippen molar-refractivity contribution in [2.75, 3.05) is 17.2 Å². The van der Waals surface area contributed by atoms with E-state index < -0.39 is 16.8 Å². The highest BCUT2D eigenvalue weighted by Gasteiger charge is 2.28. The Hall–Kier alpha value is -2.31. The van der Waals surface area contributed by atoms with Crippen LogP contribution in [0.15, 0.2) is 59.7 Å². The molecule has 3 rings (SSSR count). The first kappa shape index (κ1) is 19.5. The van der Waals surface area contributed by atoms with E-state index >= 15 is 0 Å². The second kappa shape index (κ2) is 8.59. The van der Waals surface area contributed by atoms with Gasteiger partial charge in [-0.25, -0.2) is 4.79 Å². The first-order chi connectivity index (χ1) is 13.0. The molecule has 0 fully saturated rings. The molecule has 2 aromatic carbocycles. The summed E-state index contributed by atoms with van der Waals surface area (Å²) < 4.78 is 18.3. The Balaban J connectivity index is 2.07. The van der Waals surface area contributed by atoms with Gasteiger partial charge in [-0.3, -0.25) is 4.21 Å². The number of hydrogen-bond donors (Lipinski definition) is 1. The van der Waals surface area contributed by atoms with E-state index in [2.05, 4.69) is 11.8 Å². The van der Waals surface area contributed by atoms with Gasteiger partial charge in [0.1, 0.15) is 5.75 Å². The molecule has 27 heavy (non-hydrogen) atoms. The van der Waals surface area contributed by atoms with Crippen LogP contribution in [0.3, 0.4) is 0 Å². The van der Waals surface area contributed by atoms with Crippen molar-refractivity contribution in [3.05, 3.63) is 59.8 Å². The third-order valence-corrected chi connectivity index (χ3v) is 6.32. The fourth-order valence-corrected chi connectivity index (χ4v) is 4.78. The van der Waals surface area contributed by atoms with Crippen LogP contribution in [0, 0.1) is 5.92 Å². The summed E-state index contributed by atoms with van der Waals surface area (Å²) >= 11 is 6.37. The first-order valence-corrected chi connectivity index (χ1v) is 10.3. The molecule has 0 spiro atoms. The summed E-state index contributed by atoms with van der Waals surface area (Å²) in [6, 6.07) is 13.3. The third-order valence-electron chi connectivity index (χ3n) is 4.43. The molecule has 1 N–H and O–H groups in total. The molecular formula is C20H20ClNO4S. The monoisotopic (exact) mass is 405 g/mol. The van der Waals surface area contributed by atoms with Gasteiger partial charge < -0.3 is 14.7 Å². The lowest BCUT2D eigenvalue weighted by atomic mass is 10.1. The van der Waals surface area contributed by atoms with Crippen LogP contribution in [0.1, 0.15) is 13.3 Å². The normalized spacial score (nSPS) is 19.6. The van der Waals surface area contributed by atoms with E-state index in [1.807, 2.05) is 30.3 Å². The topological polar surface area (TPSA) is 66.8 Å². The van der Waals surface area contributed by atoms with Crippen LogP contribution < -0.4 is 9.64 Å². The number of carbonyl (C=O) groups is 1. The Labute approximate surface area is 165 Å². The number of fused-ring (bicyclic) bond motifs is 1. The van der Waals surface area contributed by atoms with Crippen molar-refractivity contribution in [2.24, 2.45) is 5.92 Å². The number of halogens is 1. The Morgan fingerprint density at radius 2 is 2.11 bits per heavy atom. The summed E-state index contributed by atoms with van der Waals surface area (Å²) in [5, 5.41) is 9.02. The van der Waals surface area contributed by atoms with Crippen molar-refractivity contribution in [2.45, 2.75) is 18.2 Å². The molecule has 0 saturated heterocycles. The van der Waals surface area contributed by atoms with Crippen molar-refractivity contribution < 1.29 is 18.8 Å². The number of rotatable bonds is 5. The summed E-state index contributed by atoms with van der Waals surface area (Å²) in [6.45, 7) is 2.84. The molecule has 2 atom stereocenters. The van der Waals surface area contributed by atoms with Crippen LogP contribution in [0.25, 0.3) is 0 Å².